The third-order valence-electron chi connectivity index (χ3n) is 4.39. The number of para-hydroxylation sites is 1. The Balaban J connectivity index is 2.08. The molecular formula is C18H20N2O6S2. The molecule has 1 aliphatic heterocycles. The number of anilines is 2. The number of nitrogens with zero attached hydrogens (tertiary/aromatic N) is 1. The molecule has 1 amide bonds. The van der Waals surface area contributed by atoms with Crippen molar-refractivity contribution in [2.24, 2.45) is 0 Å². The second-order valence-corrected chi connectivity index (χ2v) is 9.76. The number of sulfonamides is 2. The number of aryl methyl sites for hydroxylation is 1. The molecular weight excluding hydrogens is 404 g/mol. The van der Waals surface area contributed by atoms with Crippen molar-refractivity contribution in [3.63, 3.8) is 0 Å². The van der Waals surface area contributed by atoms with Crippen LogP contribution >= 0.6 is 0 Å². The van der Waals surface area contributed by atoms with Gasteiger partial charge in [-0.1, -0.05) is 25.1 Å². The van der Waals surface area contributed by atoms with Gasteiger partial charge in [-0.3, -0.25) is 9.52 Å². The Bertz CT molecular complexity index is 1130. The van der Waals surface area contributed by atoms with E-state index < -0.39 is 26.0 Å². The van der Waals surface area contributed by atoms with E-state index in [-0.39, 0.29) is 28.5 Å². The summed E-state index contributed by atoms with van der Waals surface area (Å²) in [6.07, 6.45) is 0.481. The van der Waals surface area contributed by atoms with E-state index in [4.69, 9.17) is 4.74 Å². The molecule has 1 heterocycles. The summed E-state index contributed by atoms with van der Waals surface area (Å²) in [5.74, 6) is -0.866. The lowest BCUT2D eigenvalue weighted by atomic mass is 10.1. The van der Waals surface area contributed by atoms with Crippen molar-refractivity contribution in [3.05, 3.63) is 48.0 Å². The minimum Gasteiger partial charge on any atom is -0.495 e. The Labute approximate surface area is 164 Å². The van der Waals surface area contributed by atoms with Crippen molar-refractivity contribution >= 4 is 37.3 Å². The Kier molecular flexibility index (Phi) is 5.35. The van der Waals surface area contributed by atoms with Gasteiger partial charge < -0.3 is 4.74 Å². The summed E-state index contributed by atoms with van der Waals surface area (Å²) in [5.41, 5.74) is 1.19. The van der Waals surface area contributed by atoms with Crippen molar-refractivity contribution in [1.29, 1.82) is 0 Å². The maximum atomic E-state index is 13.0. The monoisotopic (exact) mass is 424 g/mol. The summed E-state index contributed by atoms with van der Waals surface area (Å²) in [6.45, 7) is 1.90. The van der Waals surface area contributed by atoms with Gasteiger partial charge in [0.05, 0.1) is 24.2 Å². The topological polar surface area (TPSA) is 110 Å². The lowest BCUT2D eigenvalue weighted by Gasteiger charge is -2.18. The number of benzene rings is 2. The smallest absolute Gasteiger partial charge is 0.265 e. The van der Waals surface area contributed by atoms with Crippen molar-refractivity contribution in [3.8, 4) is 5.75 Å². The molecule has 3 rings (SSSR count). The Hall–Kier alpha value is -2.59. The van der Waals surface area contributed by atoms with E-state index in [0.717, 1.165) is 11.6 Å². The van der Waals surface area contributed by atoms with Gasteiger partial charge in [-0.05, 0) is 36.2 Å². The first-order chi connectivity index (χ1) is 13.2. The molecule has 2 aromatic rings. The number of methoxy groups -OCH3 is 1. The number of hydrogen-bond donors (Lipinski definition) is 1. The zero-order valence-corrected chi connectivity index (χ0v) is 17.0. The van der Waals surface area contributed by atoms with E-state index in [1.54, 1.807) is 18.2 Å². The molecule has 0 bridgehead atoms. The van der Waals surface area contributed by atoms with Crippen LogP contribution < -0.4 is 13.8 Å². The van der Waals surface area contributed by atoms with Crippen LogP contribution in [0.4, 0.5) is 11.4 Å². The summed E-state index contributed by atoms with van der Waals surface area (Å²) in [6, 6.07) is 10.8. The lowest BCUT2D eigenvalue weighted by molar-refractivity contribution is -0.116. The maximum Gasteiger partial charge on any atom is 0.265 e. The summed E-state index contributed by atoms with van der Waals surface area (Å²) in [4.78, 5) is 11.8. The van der Waals surface area contributed by atoms with Crippen molar-refractivity contribution in [2.75, 3.05) is 21.9 Å². The van der Waals surface area contributed by atoms with Gasteiger partial charge in [0.25, 0.3) is 10.0 Å². The maximum absolute atomic E-state index is 13.0. The Morgan fingerprint density at radius 2 is 1.89 bits per heavy atom. The third-order valence-corrected chi connectivity index (χ3v) is 7.47. The summed E-state index contributed by atoms with van der Waals surface area (Å²) >= 11 is 0. The zero-order valence-electron chi connectivity index (χ0n) is 15.4. The molecule has 1 aliphatic rings. The highest BCUT2D eigenvalue weighted by atomic mass is 32.2. The Morgan fingerprint density at radius 1 is 1.18 bits per heavy atom. The minimum atomic E-state index is -4.10. The molecule has 0 unspecified atom stereocenters. The first-order valence-electron chi connectivity index (χ1n) is 8.54. The first kappa shape index (κ1) is 20.2. The van der Waals surface area contributed by atoms with Gasteiger partial charge in [0.1, 0.15) is 10.6 Å². The predicted octanol–water partition coefficient (Wildman–Crippen LogP) is 2.12. The molecule has 28 heavy (non-hydrogen) atoms. The second-order valence-electron chi connectivity index (χ2n) is 6.18. The van der Waals surface area contributed by atoms with Crippen LogP contribution in [-0.4, -0.2) is 35.6 Å². The van der Waals surface area contributed by atoms with Crippen LogP contribution in [-0.2, 0) is 31.3 Å². The molecule has 0 aromatic heterocycles. The number of carbonyl (C=O) groups is 1. The number of rotatable bonds is 6. The van der Waals surface area contributed by atoms with Gasteiger partial charge in [0, 0.05) is 6.42 Å². The third kappa shape index (κ3) is 3.69. The average molecular weight is 425 g/mol. The number of amides is 1. The summed E-state index contributed by atoms with van der Waals surface area (Å²) in [5, 5.41) is 0. The SMILES string of the molecule is CCc1ccccc1NS(=O)(=O)c1cc(N2C(=O)CCS2(=O)=O)ccc1OC. The first-order valence-corrected chi connectivity index (χ1v) is 11.6. The van der Waals surface area contributed by atoms with Crippen LogP contribution in [0, 0.1) is 0 Å². The highest BCUT2D eigenvalue weighted by Crippen LogP contribution is 2.33. The van der Waals surface area contributed by atoms with Crippen molar-refractivity contribution in [1.82, 2.24) is 0 Å². The second kappa shape index (κ2) is 7.44. The standard InChI is InChI=1S/C18H20N2O6S2/c1-3-13-6-4-5-7-15(13)19-28(24,25)17-12-14(8-9-16(17)26-2)20-18(21)10-11-27(20,22)23/h4-9,12,19H,3,10-11H2,1-2H3. The van der Waals surface area contributed by atoms with Gasteiger partial charge in [-0.15, -0.1) is 0 Å². The van der Waals surface area contributed by atoms with Crippen molar-refractivity contribution in [2.45, 2.75) is 24.7 Å². The van der Waals surface area contributed by atoms with E-state index in [9.17, 15) is 21.6 Å². The van der Waals surface area contributed by atoms with Gasteiger partial charge in [0.2, 0.25) is 15.9 Å². The largest absolute Gasteiger partial charge is 0.495 e. The molecule has 0 saturated carbocycles. The fourth-order valence-electron chi connectivity index (χ4n) is 3.00. The molecule has 0 aliphatic carbocycles. The molecule has 150 valence electrons. The zero-order chi connectivity index (χ0) is 20.5. The highest BCUT2D eigenvalue weighted by Gasteiger charge is 2.37. The molecule has 1 saturated heterocycles. The van der Waals surface area contributed by atoms with Gasteiger partial charge >= 0.3 is 0 Å². The molecule has 8 nitrogen and oxygen atoms in total. The molecule has 0 radical (unpaired) electrons. The fraction of sp³-hybridized carbons (Fsp3) is 0.278. The van der Waals surface area contributed by atoms with E-state index in [2.05, 4.69) is 4.72 Å². The Morgan fingerprint density at radius 3 is 2.50 bits per heavy atom. The van der Waals surface area contributed by atoms with E-state index in [0.29, 0.717) is 16.4 Å². The van der Waals surface area contributed by atoms with Crippen LogP contribution in [0.5, 0.6) is 5.75 Å². The van der Waals surface area contributed by atoms with Gasteiger partial charge in [-0.25, -0.2) is 21.1 Å². The van der Waals surface area contributed by atoms with Crippen LogP contribution in [0.1, 0.15) is 18.9 Å². The van der Waals surface area contributed by atoms with E-state index in [1.807, 2.05) is 13.0 Å². The van der Waals surface area contributed by atoms with Crippen LogP contribution in [0.3, 0.4) is 0 Å². The van der Waals surface area contributed by atoms with Crippen LogP contribution in [0.25, 0.3) is 0 Å². The normalized spacial score (nSPS) is 16.2. The average Bonchev–Trinajstić information content (AvgIpc) is 2.94. The molecule has 0 spiro atoms. The number of hydrogen-bond acceptors (Lipinski definition) is 6. The number of nitrogens with one attached hydrogen (secondary N) is 1. The summed E-state index contributed by atoms with van der Waals surface area (Å²) < 4.78 is 58.7. The van der Waals surface area contributed by atoms with E-state index in [1.165, 1.54) is 19.2 Å². The van der Waals surface area contributed by atoms with E-state index >= 15 is 0 Å². The quantitative estimate of drug-likeness (QED) is 0.761. The summed E-state index contributed by atoms with van der Waals surface area (Å²) in [7, 11) is -6.60. The fourth-order valence-corrected chi connectivity index (χ4v) is 5.74. The van der Waals surface area contributed by atoms with Crippen LogP contribution in [0.15, 0.2) is 47.4 Å². The number of carbonyl (C=O) groups excluding carboxylic acids is 1. The molecule has 0 atom stereocenters. The molecule has 1 fully saturated rings. The lowest BCUT2D eigenvalue weighted by Crippen LogP contribution is -2.29. The highest BCUT2D eigenvalue weighted by molar-refractivity contribution is 7.94. The van der Waals surface area contributed by atoms with Gasteiger partial charge in [0.15, 0.2) is 0 Å². The van der Waals surface area contributed by atoms with Crippen molar-refractivity contribution < 1.29 is 26.4 Å². The number of ether oxygens (including phenoxy) is 1. The molecule has 1 N–H and O–H groups in total. The minimum absolute atomic E-state index is 0.0348. The van der Waals surface area contributed by atoms with Crippen LogP contribution in [0.2, 0.25) is 0 Å². The predicted molar refractivity (Wildman–Crippen MR) is 106 cm³/mol. The van der Waals surface area contributed by atoms with Gasteiger partial charge in [-0.2, -0.15) is 0 Å². The molecule has 10 heteroatoms. The molecule has 2 aromatic carbocycles.